The van der Waals surface area contributed by atoms with E-state index in [-0.39, 0.29) is 5.82 Å². The van der Waals surface area contributed by atoms with Crippen LogP contribution in [0.15, 0.2) is 54.4 Å². The maximum Gasteiger partial charge on any atom is 0.228 e. The number of nitrogens with zero attached hydrogens (tertiary/aromatic N) is 5. The first-order valence-corrected chi connectivity index (χ1v) is 7.89. The van der Waals surface area contributed by atoms with E-state index >= 15 is 0 Å². The van der Waals surface area contributed by atoms with Crippen molar-refractivity contribution in [3.05, 3.63) is 59.9 Å². The van der Waals surface area contributed by atoms with E-state index in [1.807, 2.05) is 36.4 Å². The van der Waals surface area contributed by atoms with Gasteiger partial charge < -0.3 is 15.8 Å². The Morgan fingerprint density at radius 1 is 1.27 bits per heavy atom. The topological polar surface area (TPSA) is 115 Å². The van der Waals surface area contributed by atoms with Crippen LogP contribution >= 0.6 is 0 Å². The first-order valence-electron chi connectivity index (χ1n) is 7.89. The molecule has 1 aliphatic rings. The molecule has 0 spiro atoms. The molecule has 2 aromatic heterocycles. The number of anilines is 1. The molecule has 0 bridgehead atoms. The molecule has 4 rings (SSSR count). The van der Waals surface area contributed by atoms with Crippen molar-refractivity contribution in [3.8, 4) is 23.2 Å². The lowest BCUT2D eigenvalue weighted by Crippen LogP contribution is -2.27. The summed E-state index contributed by atoms with van der Waals surface area (Å²) in [6, 6.07) is 12.9. The smallest absolute Gasteiger partial charge is 0.228 e. The second-order valence-corrected chi connectivity index (χ2v) is 5.67. The van der Waals surface area contributed by atoms with Crippen LogP contribution in [0.25, 0.3) is 17.2 Å². The third kappa shape index (κ3) is 2.52. The fraction of sp³-hybridized carbons (Fsp3) is 0.111. The van der Waals surface area contributed by atoms with Gasteiger partial charge in [0.05, 0.1) is 18.7 Å². The summed E-state index contributed by atoms with van der Waals surface area (Å²) < 4.78 is 6.63. The Hall–Kier alpha value is -3.86. The van der Waals surface area contributed by atoms with Crippen molar-refractivity contribution in [1.29, 1.82) is 5.26 Å². The molecule has 3 heterocycles. The van der Waals surface area contributed by atoms with E-state index in [9.17, 15) is 5.26 Å². The first-order chi connectivity index (χ1) is 12.7. The molecule has 8 nitrogen and oxygen atoms in total. The van der Waals surface area contributed by atoms with Crippen LogP contribution in [0.1, 0.15) is 11.6 Å². The molecule has 0 radical (unpaired) electrons. The second-order valence-electron chi connectivity index (χ2n) is 5.67. The lowest BCUT2D eigenvalue weighted by Gasteiger charge is -2.25. The maximum atomic E-state index is 9.62. The number of rotatable bonds is 3. The van der Waals surface area contributed by atoms with E-state index in [2.05, 4.69) is 26.5 Å². The molecule has 0 fully saturated rings. The maximum absolute atomic E-state index is 9.62. The van der Waals surface area contributed by atoms with Gasteiger partial charge in [-0.05, 0) is 29.8 Å². The summed E-state index contributed by atoms with van der Waals surface area (Å²) in [5.41, 5.74) is 8.24. The zero-order valence-corrected chi connectivity index (χ0v) is 13.9. The van der Waals surface area contributed by atoms with Crippen molar-refractivity contribution in [2.45, 2.75) is 6.04 Å². The van der Waals surface area contributed by atoms with Crippen LogP contribution in [0.4, 0.5) is 5.95 Å². The minimum absolute atomic E-state index is 0.254. The standard InChI is InChI=1S/C18H15N7O/c1-26-13-6-4-11(5-7-13)15-14(9-19)16(20)25-18(22-15)23-17(24-25)12-3-2-8-21-10-12/h2-8,10,15H,20H2,1H3,(H,22,23,24). The summed E-state index contributed by atoms with van der Waals surface area (Å²) in [7, 11) is 1.61. The predicted octanol–water partition coefficient (Wildman–Crippen LogP) is 2.17. The third-order valence-corrected chi connectivity index (χ3v) is 4.16. The van der Waals surface area contributed by atoms with E-state index in [4.69, 9.17) is 10.5 Å². The summed E-state index contributed by atoms with van der Waals surface area (Å²) in [6.45, 7) is 0. The quantitative estimate of drug-likeness (QED) is 0.747. The Morgan fingerprint density at radius 2 is 2.08 bits per heavy atom. The minimum Gasteiger partial charge on any atom is -0.497 e. The highest BCUT2D eigenvalue weighted by Gasteiger charge is 2.29. The lowest BCUT2D eigenvalue weighted by atomic mass is 9.98. The summed E-state index contributed by atoms with van der Waals surface area (Å²) in [5, 5.41) is 17.3. The Balaban J connectivity index is 1.77. The normalized spacial score (nSPS) is 15.8. The second kappa shape index (κ2) is 6.22. The summed E-state index contributed by atoms with van der Waals surface area (Å²) in [4.78, 5) is 8.58. The number of nitriles is 1. The number of hydrogen-bond donors (Lipinski definition) is 2. The lowest BCUT2D eigenvalue weighted by molar-refractivity contribution is 0.414. The number of aromatic nitrogens is 4. The summed E-state index contributed by atoms with van der Waals surface area (Å²) in [5.74, 6) is 1.95. The molecule has 0 saturated carbocycles. The molecular formula is C18H15N7O. The van der Waals surface area contributed by atoms with E-state index < -0.39 is 6.04 Å². The molecule has 1 atom stereocenters. The van der Waals surface area contributed by atoms with Crippen LogP contribution in [0.2, 0.25) is 0 Å². The molecule has 26 heavy (non-hydrogen) atoms. The van der Waals surface area contributed by atoms with Crippen molar-refractivity contribution in [2.24, 2.45) is 5.73 Å². The van der Waals surface area contributed by atoms with Gasteiger partial charge in [0, 0.05) is 18.0 Å². The van der Waals surface area contributed by atoms with Crippen LogP contribution in [0.3, 0.4) is 0 Å². The van der Waals surface area contributed by atoms with Gasteiger partial charge in [-0.25, -0.2) is 0 Å². The first kappa shape index (κ1) is 15.7. The van der Waals surface area contributed by atoms with Gasteiger partial charge in [-0.2, -0.15) is 14.9 Å². The van der Waals surface area contributed by atoms with Gasteiger partial charge >= 0.3 is 0 Å². The van der Waals surface area contributed by atoms with Gasteiger partial charge in [0.15, 0.2) is 5.82 Å². The fourth-order valence-electron chi connectivity index (χ4n) is 2.82. The average molecular weight is 345 g/mol. The van der Waals surface area contributed by atoms with Crippen molar-refractivity contribution < 1.29 is 4.74 Å². The molecule has 0 aliphatic carbocycles. The number of hydrogen-bond acceptors (Lipinski definition) is 7. The number of nitrogens with two attached hydrogens (primary N) is 1. The van der Waals surface area contributed by atoms with Crippen molar-refractivity contribution in [2.75, 3.05) is 12.4 Å². The summed E-state index contributed by atoms with van der Waals surface area (Å²) >= 11 is 0. The Morgan fingerprint density at radius 3 is 2.73 bits per heavy atom. The van der Waals surface area contributed by atoms with Crippen LogP contribution in [-0.4, -0.2) is 26.9 Å². The number of nitrogens with one attached hydrogen (secondary N) is 1. The highest BCUT2D eigenvalue weighted by atomic mass is 16.5. The predicted molar refractivity (Wildman–Crippen MR) is 95.6 cm³/mol. The van der Waals surface area contributed by atoms with Crippen molar-refractivity contribution in [3.63, 3.8) is 0 Å². The zero-order valence-electron chi connectivity index (χ0n) is 13.9. The molecule has 8 heteroatoms. The van der Waals surface area contributed by atoms with E-state index in [1.165, 1.54) is 4.68 Å². The molecule has 1 unspecified atom stereocenters. The molecular weight excluding hydrogens is 330 g/mol. The molecule has 1 aromatic carbocycles. The largest absolute Gasteiger partial charge is 0.497 e. The van der Waals surface area contributed by atoms with E-state index in [0.29, 0.717) is 17.3 Å². The summed E-state index contributed by atoms with van der Waals surface area (Å²) in [6.07, 6.45) is 3.35. The molecule has 128 valence electrons. The fourth-order valence-corrected chi connectivity index (χ4v) is 2.82. The molecule has 0 amide bonds. The monoisotopic (exact) mass is 345 g/mol. The number of benzene rings is 1. The SMILES string of the molecule is COc1ccc(C2Nc3nc(-c4cccnc4)nn3C(N)=C2C#N)cc1. The average Bonchev–Trinajstić information content (AvgIpc) is 3.13. The Kier molecular flexibility index (Phi) is 3.74. The van der Waals surface area contributed by atoms with Crippen molar-refractivity contribution >= 4 is 11.8 Å². The zero-order chi connectivity index (χ0) is 18.1. The van der Waals surface area contributed by atoms with Crippen LogP contribution in [0, 0.1) is 11.3 Å². The van der Waals surface area contributed by atoms with E-state index in [0.717, 1.165) is 16.9 Å². The Labute approximate surface area is 149 Å². The van der Waals surface area contributed by atoms with Gasteiger partial charge in [-0.3, -0.25) is 4.98 Å². The van der Waals surface area contributed by atoms with Gasteiger partial charge in [-0.1, -0.05) is 12.1 Å². The van der Waals surface area contributed by atoms with Crippen LogP contribution < -0.4 is 15.8 Å². The highest BCUT2D eigenvalue weighted by molar-refractivity contribution is 5.68. The Bertz CT molecular complexity index is 1020. The van der Waals surface area contributed by atoms with Gasteiger partial charge in [0.25, 0.3) is 0 Å². The van der Waals surface area contributed by atoms with Gasteiger partial charge in [0.2, 0.25) is 5.95 Å². The highest BCUT2D eigenvalue weighted by Crippen LogP contribution is 2.34. The van der Waals surface area contributed by atoms with Crippen LogP contribution in [-0.2, 0) is 0 Å². The van der Waals surface area contributed by atoms with Gasteiger partial charge in [0.1, 0.15) is 17.6 Å². The molecule has 1 aliphatic heterocycles. The number of fused-ring (bicyclic) bond motifs is 1. The number of pyridine rings is 1. The molecule has 3 N–H and O–H groups in total. The minimum atomic E-state index is -0.413. The molecule has 0 saturated heterocycles. The molecule has 3 aromatic rings. The van der Waals surface area contributed by atoms with Crippen molar-refractivity contribution in [1.82, 2.24) is 19.7 Å². The third-order valence-electron chi connectivity index (χ3n) is 4.16. The van der Waals surface area contributed by atoms with Gasteiger partial charge in [-0.15, -0.1) is 5.10 Å². The number of ether oxygens (including phenoxy) is 1. The number of methoxy groups -OCH3 is 1. The van der Waals surface area contributed by atoms with Crippen LogP contribution in [0.5, 0.6) is 5.75 Å². The van der Waals surface area contributed by atoms with E-state index in [1.54, 1.807) is 19.5 Å².